The van der Waals surface area contributed by atoms with Crippen LogP contribution in [0.25, 0.3) is 0 Å². The lowest BCUT2D eigenvalue weighted by atomic mass is 10.0. The third-order valence-corrected chi connectivity index (χ3v) is 6.51. The van der Waals surface area contributed by atoms with E-state index in [1.165, 1.54) is 0 Å². The van der Waals surface area contributed by atoms with E-state index in [4.69, 9.17) is 4.74 Å². The number of quaternary nitrogens is 1. The number of rotatable bonds is 5. The molecule has 2 amide bonds. The molecular weight excluding hydrogens is 438 g/mol. The van der Waals surface area contributed by atoms with E-state index in [1.54, 1.807) is 7.05 Å². The lowest BCUT2D eigenvalue weighted by Gasteiger charge is -2.36. The van der Waals surface area contributed by atoms with Gasteiger partial charge in [0.2, 0.25) is 11.8 Å². The summed E-state index contributed by atoms with van der Waals surface area (Å²) in [7, 11) is 1.60. The number of anilines is 1. The van der Waals surface area contributed by atoms with Crippen LogP contribution in [0.1, 0.15) is 39.2 Å². The maximum atomic E-state index is 13.3. The minimum Gasteiger partial charge on any atom is -0.626 e. The van der Waals surface area contributed by atoms with Gasteiger partial charge in [-0.25, -0.2) is 0 Å². The summed E-state index contributed by atoms with van der Waals surface area (Å²) in [5, 5.41) is 15.7. The van der Waals surface area contributed by atoms with Crippen LogP contribution in [0.2, 0.25) is 0 Å². The Balaban J connectivity index is 1.37. The summed E-state index contributed by atoms with van der Waals surface area (Å²) in [6, 6.07) is 5.38. The van der Waals surface area contributed by atoms with Crippen LogP contribution in [0.5, 0.6) is 0 Å². The second-order valence-corrected chi connectivity index (χ2v) is 10.6. The molecule has 0 spiro atoms. The number of benzene rings is 1. The maximum absolute atomic E-state index is 13.3. The van der Waals surface area contributed by atoms with E-state index in [0.717, 1.165) is 37.4 Å². The number of esters is 1. The monoisotopic (exact) mass is 473 g/mol. The van der Waals surface area contributed by atoms with Gasteiger partial charge in [-0.2, -0.15) is 0 Å². The van der Waals surface area contributed by atoms with Crippen LogP contribution < -0.4 is 14.9 Å². The number of piperazine rings is 1. The molecule has 3 heterocycles. The largest absolute Gasteiger partial charge is 0.626 e. The lowest BCUT2D eigenvalue weighted by Crippen LogP contribution is -2.55. The second kappa shape index (κ2) is 9.26. The molecule has 1 N–H and O–H groups in total. The molecule has 0 bridgehead atoms. The van der Waals surface area contributed by atoms with Crippen molar-refractivity contribution >= 4 is 29.2 Å². The van der Waals surface area contributed by atoms with Crippen molar-refractivity contribution in [3.05, 3.63) is 29.0 Å². The van der Waals surface area contributed by atoms with Gasteiger partial charge in [0.1, 0.15) is 17.3 Å². The highest BCUT2D eigenvalue weighted by molar-refractivity contribution is 6.02. The molecule has 2 atom stereocenters. The summed E-state index contributed by atoms with van der Waals surface area (Å²) in [6.07, 6.45) is 0.697. The molecule has 2 saturated heterocycles. The Morgan fingerprint density at radius 3 is 2.50 bits per heavy atom. The molecule has 3 aliphatic rings. The highest BCUT2D eigenvalue weighted by atomic mass is 16.6. The van der Waals surface area contributed by atoms with Gasteiger partial charge in [-0.15, -0.1) is 0 Å². The highest BCUT2D eigenvalue weighted by Crippen LogP contribution is 2.42. The van der Waals surface area contributed by atoms with Crippen LogP contribution in [-0.4, -0.2) is 85.7 Å². The van der Waals surface area contributed by atoms with Crippen LogP contribution in [0.4, 0.5) is 11.4 Å². The molecular formula is C24H35N5O5. The first kappa shape index (κ1) is 24.6. The van der Waals surface area contributed by atoms with Crippen molar-refractivity contribution in [1.29, 1.82) is 0 Å². The zero-order valence-corrected chi connectivity index (χ0v) is 20.5. The van der Waals surface area contributed by atoms with Crippen molar-refractivity contribution in [2.24, 2.45) is 0 Å². The first-order valence-electron chi connectivity index (χ1n) is 11.9. The van der Waals surface area contributed by atoms with E-state index >= 15 is 0 Å². The fraction of sp³-hybridized carbons (Fsp3) is 0.625. The Kier molecular flexibility index (Phi) is 6.69. The topological polar surface area (TPSA) is 105 Å². The van der Waals surface area contributed by atoms with E-state index in [0.29, 0.717) is 25.2 Å². The van der Waals surface area contributed by atoms with E-state index in [2.05, 4.69) is 15.1 Å². The van der Waals surface area contributed by atoms with Crippen LogP contribution >= 0.6 is 0 Å². The fourth-order valence-corrected chi connectivity index (χ4v) is 4.90. The number of hydrogen-bond acceptors (Lipinski definition) is 8. The SMILES string of the molecule is CC(C)(C)OC(=O)CN1CCN(Cc2ccc3c(c2)[N+](C)([O-])CN3C2CCC(=O)NC2=O)CC1. The average Bonchev–Trinajstić information content (AvgIpc) is 2.98. The molecule has 2 unspecified atom stereocenters. The quantitative estimate of drug-likeness (QED) is 0.294. The molecule has 0 saturated carbocycles. The van der Waals surface area contributed by atoms with Crippen molar-refractivity contribution in [3.63, 3.8) is 0 Å². The van der Waals surface area contributed by atoms with Crippen LogP contribution in [0, 0.1) is 5.21 Å². The van der Waals surface area contributed by atoms with Crippen LogP contribution in [0.3, 0.4) is 0 Å². The highest BCUT2D eigenvalue weighted by Gasteiger charge is 2.41. The minimum atomic E-state index is -0.579. The van der Waals surface area contributed by atoms with Gasteiger partial charge in [0.25, 0.3) is 0 Å². The zero-order chi connectivity index (χ0) is 24.7. The van der Waals surface area contributed by atoms with E-state index in [-0.39, 0.29) is 30.9 Å². The van der Waals surface area contributed by atoms with Gasteiger partial charge in [0.05, 0.1) is 13.6 Å². The number of hydroxylamine groups is 2. The predicted molar refractivity (Wildman–Crippen MR) is 129 cm³/mol. The van der Waals surface area contributed by atoms with Gasteiger partial charge < -0.3 is 19.5 Å². The zero-order valence-electron chi connectivity index (χ0n) is 20.5. The Labute approximate surface area is 200 Å². The third-order valence-electron chi connectivity index (χ3n) is 6.51. The van der Waals surface area contributed by atoms with Crippen molar-refractivity contribution in [1.82, 2.24) is 19.8 Å². The molecule has 0 aromatic heterocycles. The Hall–Kier alpha value is -2.53. The number of carbonyl (C=O) groups excluding carboxylic acids is 3. The summed E-state index contributed by atoms with van der Waals surface area (Å²) >= 11 is 0. The van der Waals surface area contributed by atoms with Crippen LogP contribution in [0.15, 0.2) is 18.2 Å². The van der Waals surface area contributed by atoms with Crippen LogP contribution in [-0.2, 0) is 25.7 Å². The molecule has 186 valence electrons. The van der Waals surface area contributed by atoms with Gasteiger partial charge >= 0.3 is 5.97 Å². The lowest BCUT2D eigenvalue weighted by molar-refractivity contribution is -0.156. The van der Waals surface area contributed by atoms with Crippen molar-refractivity contribution in [2.45, 2.75) is 51.8 Å². The Bertz CT molecular complexity index is 965. The number of amides is 2. The number of piperidine rings is 1. The van der Waals surface area contributed by atoms with Gasteiger partial charge in [0.15, 0.2) is 12.4 Å². The normalized spacial score (nSPS) is 26.4. The molecule has 3 aliphatic heterocycles. The first-order chi connectivity index (χ1) is 15.9. The summed E-state index contributed by atoms with van der Waals surface area (Å²) in [6.45, 7) is 9.98. The number of imide groups is 1. The molecule has 1 aromatic carbocycles. The Morgan fingerprint density at radius 2 is 1.85 bits per heavy atom. The number of hydrogen-bond donors (Lipinski definition) is 1. The number of ether oxygens (including phenoxy) is 1. The van der Waals surface area contributed by atoms with Gasteiger partial charge in [-0.1, -0.05) is 6.07 Å². The molecule has 10 heteroatoms. The van der Waals surface area contributed by atoms with E-state index in [1.807, 2.05) is 43.9 Å². The van der Waals surface area contributed by atoms with Gasteiger partial charge in [0, 0.05) is 45.2 Å². The summed E-state index contributed by atoms with van der Waals surface area (Å²) in [5.41, 5.74) is 1.97. The first-order valence-corrected chi connectivity index (χ1v) is 11.9. The molecule has 10 nitrogen and oxygen atoms in total. The Morgan fingerprint density at radius 1 is 1.18 bits per heavy atom. The van der Waals surface area contributed by atoms with E-state index < -0.39 is 16.3 Å². The fourth-order valence-electron chi connectivity index (χ4n) is 4.90. The third kappa shape index (κ3) is 5.57. The predicted octanol–water partition coefficient (Wildman–Crippen LogP) is 1.16. The minimum absolute atomic E-state index is 0.147. The number of nitrogens with zero attached hydrogens (tertiary/aromatic N) is 4. The standard InChI is InChI=1S/C24H35N5O5/c1-24(2,3)34-22(31)15-27-11-9-26(10-12-27)14-17-5-6-18-20(13-17)29(4,33)16-28(18)19-7-8-21(30)25-23(19)32/h5-6,13,19H,7-12,14-16H2,1-4H3,(H,25,30,32). The van der Waals surface area contributed by atoms with Crippen molar-refractivity contribution < 1.29 is 19.1 Å². The molecule has 2 fully saturated rings. The molecule has 4 rings (SSSR count). The number of fused-ring (bicyclic) bond motifs is 1. The smallest absolute Gasteiger partial charge is 0.320 e. The second-order valence-electron chi connectivity index (χ2n) is 10.6. The summed E-state index contributed by atoms with van der Waals surface area (Å²) in [4.78, 5) is 42.3. The number of nitrogens with one attached hydrogen (secondary N) is 1. The molecule has 0 radical (unpaired) electrons. The molecule has 34 heavy (non-hydrogen) atoms. The van der Waals surface area contributed by atoms with Gasteiger partial charge in [-0.05, 0) is 38.8 Å². The number of carbonyl (C=O) groups is 3. The average molecular weight is 474 g/mol. The summed E-state index contributed by atoms with van der Waals surface area (Å²) in [5.74, 6) is -0.799. The van der Waals surface area contributed by atoms with Crippen molar-refractivity contribution in [3.8, 4) is 0 Å². The van der Waals surface area contributed by atoms with Crippen molar-refractivity contribution in [2.75, 3.05) is 51.3 Å². The summed E-state index contributed by atoms with van der Waals surface area (Å²) < 4.78 is 4.84. The molecule has 0 aliphatic carbocycles. The molecule has 1 aromatic rings. The van der Waals surface area contributed by atoms with E-state index in [9.17, 15) is 19.6 Å². The maximum Gasteiger partial charge on any atom is 0.320 e. The van der Waals surface area contributed by atoms with Gasteiger partial charge in [-0.3, -0.25) is 29.5 Å².